The van der Waals surface area contributed by atoms with Crippen LogP contribution in [0.4, 0.5) is 4.79 Å². The molecule has 210 valence electrons. The molecule has 2 aromatic rings. The Morgan fingerprint density at radius 2 is 1.87 bits per heavy atom. The largest absolute Gasteiger partial charge is 0.444 e. The summed E-state index contributed by atoms with van der Waals surface area (Å²) >= 11 is 0. The Bertz CT molecular complexity index is 1180. The number of hydrogen-bond donors (Lipinski definition) is 0. The molecule has 1 aliphatic carbocycles. The third kappa shape index (κ3) is 6.38. The molecular formula is C30H46N4O4. The number of amides is 1. The number of ether oxygens (including phenoxy) is 2. The van der Waals surface area contributed by atoms with E-state index in [0.29, 0.717) is 24.6 Å². The number of ketones is 1. The number of hydrogen-bond acceptors (Lipinski definition) is 6. The molecule has 2 aliphatic rings. The van der Waals surface area contributed by atoms with Crippen LogP contribution in [0.1, 0.15) is 110 Å². The number of rotatable bonds is 8. The molecule has 3 heterocycles. The minimum atomic E-state index is -0.726. The second-order valence-corrected chi connectivity index (χ2v) is 13.7. The molecule has 38 heavy (non-hydrogen) atoms. The van der Waals surface area contributed by atoms with Crippen molar-refractivity contribution in [2.75, 3.05) is 6.61 Å². The SMILES string of the molecule is Cn1c(C(C)(C)C)cc2ncc(C(=O)CCC[C@@H](CC3CC3)[C@@H]3COC(C)(C)N3C(=O)OC(C)(C)C)nc21. The molecule has 1 amide bonds. The molecule has 1 saturated heterocycles. The highest BCUT2D eigenvalue weighted by atomic mass is 16.6. The van der Waals surface area contributed by atoms with Crippen LogP contribution in [0.5, 0.6) is 0 Å². The third-order valence-electron chi connectivity index (χ3n) is 7.75. The smallest absolute Gasteiger partial charge is 0.412 e. The first-order chi connectivity index (χ1) is 17.6. The molecule has 1 saturated carbocycles. The Kier molecular flexibility index (Phi) is 7.69. The van der Waals surface area contributed by atoms with Crippen LogP contribution in [0.3, 0.4) is 0 Å². The van der Waals surface area contributed by atoms with Crippen molar-refractivity contribution in [1.29, 1.82) is 0 Å². The average Bonchev–Trinajstić information content (AvgIpc) is 3.45. The van der Waals surface area contributed by atoms with Gasteiger partial charge in [0.1, 0.15) is 22.5 Å². The summed E-state index contributed by atoms with van der Waals surface area (Å²) in [5, 5.41) is 0. The fourth-order valence-electron chi connectivity index (χ4n) is 5.68. The van der Waals surface area contributed by atoms with Crippen molar-refractivity contribution < 1.29 is 19.1 Å². The van der Waals surface area contributed by atoms with E-state index in [2.05, 4.69) is 31.8 Å². The van der Waals surface area contributed by atoms with Gasteiger partial charge in [0.15, 0.2) is 11.4 Å². The molecule has 0 aromatic carbocycles. The monoisotopic (exact) mass is 526 g/mol. The number of aryl methyl sites for hydroxylation is 1. The summed E-state index contributed by atoms with van der Waals surface area (Å²) in [4.78, 5) is 37.4. The first-order valence-corrected chi connectivity index (χ1v) is 14.1. The quantitative estimate of drug-likeness (QED) is 0.370. The van der Waals surface area contributed by atoms with Crippen molar-refractivity contribution in [3.63, 3.8) is 0 Å². The van der Waals surface area contributed by atoms with E-state index in [1.54, 1.807) is 11.1 Å². The van der Waals surface area contributed by atoms with Crippen LogP contribution >= 0.6 is 0 Å². The van der Waals surface area contributed by atoms with Gasteiger partial charge in [0.05, 0.1) is 18.8 Å². The molecule has 0 radical (unpaired) electrons. The van der Waals surface area contributed by atoms with E-state index in [4.69, 9.17) is 14.5 Å². The molecule has 0 spiro atoms. The predicted molar refractivity (Wildman–Crippen MR) is 148 cm³/mol. The van der Waals surface area contributed by atoms with E-state index in [1.165, 1.54) is 12.8 Å². The van der Waals surface area contributed by atoms with Gasteiger partial charge in [0.25, 0.3) is 0 Å². The van der Waals surface area contributed by atoms with E-state index < -0.39 is 11.3 Å². The fraction of sp³-hybridized carbons (Fsp3) is 0.733. The standard InChI is InChI=1S/C30H46N4O4/c1-28(2,3)25-16-21-26(33(25)9)32-22(17-31-21)24(35)12-10-11-20(15-19-13-14-19)23-18-37-30(7,8)34(23)27(36)38-29(4,5)6/h16-17,19-20,23H,10-15,18H2,1-9H3/t20-,23-/m0/s1. The van der Waals surface area contributed by atoms with Gasteiger partial charge < -0.3 is 14.0 Å². The summed E-state index contributed by atoms with van der Waals surface area (Å²) in [6, 6.07) is 1.99. The minimum Gasteiger partial charge on any atom is -0.444 e. The zero-order chi connectivity index (χ0) is 28.0. The van der Waals surface area contributed by atoms with E-state index >= 15 is 0 Å². The molecule has 8 heteroatoms. The Morgan fingerprint density at radius 3 is 2.47 bits per heavy atom. The van der Waals surface area contributed by atoms with Gasteiger partial charge in [0.2, 0.25) is 0 Å². The summed E-state index contributed by atoms with van der Waals surface area (Å²) < 4.78 is 13.9. The lowest BCUT2D eigenvalue weighted by Crippen LogP contribution is -2.52. The Morgan fingerprint density at radius 1 is 1.18 bits per heavy atom. The van der Waals surface area contributed by atoms with Crippen molar-refractivity contribution in [3.8, 4) is 0 Å². The van der Waals surface area contributed by atoms with Crippen molar-refractivity contribution in [3.05, 3.63) is 23.7 Å². The van der Waals surface area contributed by atoms with Crippen molar-refractivity contribution in [1.82, 2.24) is 19.4 Å². The van der Waals surface area contributed by atoms with E-state index in [-0.39, 0.29) is 29.3 Å². The molecule has 2 aromatic heterocycles. The van der Waals surface area contributed by atoms with Gasteiger partial charge in [0, 0.05) is 24.6 Å². The Hall–Kier alpha value is -2.48. The first-order valence-electron chi connectivity index (χ1n) is 14.1. The third-order valence-corrected chi connectivity index (χ3v) is 7.75. The molecule has 2 atom stereocenters. The average molecular weight is 527 g/mol. The van der Waals surface area contributed by atoms with Gasteiger partial charge in [-0.3, -0.25) is 14.7 Å². The number of Topliss-reactive ketones (excluding diaryl/α,β-unsaturated/α-hetero) is 1. The van der Waals surface area contributed by atoms with Crippen molar-refractivity contribution in [2.24, 2.45) is 18.9 Å². The zero-order valence-corrected chi connectivity index (χ0v) is 24.8. The first kappa shape index (κ1) is 28.5. The summed E-state index contributed by atoms with van der Waals surface area (Å²) in [7, 11) is 1.98. The molecule has 4 rings (SSSR count). The molecule has 2 fully saturated rings. The van der Waals surface area contributed by atoms with Gasteiger partial charge in [-0.1, -0.05) is 33.6 Å². The van der Waals surface area contributed by atoms with Crippen LogP contribution in [0.25, 0.3) is 11.2 Å². The summed E-state index contributed by atoms with van der Waals surface area (Å²) in [6.07, 6.45) is 6.78. The van der Waals surface area contributed by atoms with Gasteiger partial charge in [-0.25, -0.2) is 9.78 Å². The number of carbonyl (C=O) groups is 2. The van der Waals surface area contributed by atoms with E-state index in [9.17, 15) is 9.59 Å². The maximum absolute atomic E-state index is 13.2. The summed E-state index contributed by atoms with van der Waals surface area (Å²) in [5.41, 5.74) is 1.76. The lowest BCUT2D eigenvalue weighted by molar-refractivity contribution is -0.0648. The van der Waals surface area contributed by atoms with Crippen molar-refractivity contribution >= 4 is 23.0 Å². The Labute approximate surface area is 227 Å². The number of aromatic nitrogens is 3. The zero-order valence-electron chi connectivity index (χ0n) is 24.8. The molecule has 1 aliphatic heterocycles. The normalized spacial score (nSPS) is 20.7. The summed E-state index contributed by atoms with van der Waals surface area (Å²) in [5.74, 6) is 0.956. The second-order valence-electron chi connectivity index (χ2n) is 13.7. The topological polar surface area (TPSA) is 86.6 Å². The van der Waals surface area contributed by atoms with Crippen LogP contribution in [-0.2, 0) is 21.9 Å². The van der Waals surface area contributed by atoms with Gasteiger partial charge >= 0.3 is 6.09 Å². The minimum absolute atomic E-state index is 0.00933. The number of nitrogens with zero attached hydrogens (tertiary/aromatic N) is 4. The molecule has 8 nitrogen and oxygen atoms in total. The molecular weight excluding hydrogens is 480 g/mol. The van der Waals surface area contributed by atoms with Crippen LogP contribution in [-0.4, -0.2) is 55.3 Å². The van der Waals surface area contributed by atoms with E-state index in [1.807, 2.05) is 46.2 Å². The van der Waals surface area contributed by atoms with E-state index in [0.717, 1.165) is 36.1 Å². The highest BCUT2D eigenvalue weighted by molar-refractivity contribution is 5.95. The number of carbonyl (C=O) groups excluding carboxylic acids is 2. The Balaban J connectivity index is 1.45. The van der Waals surface area contributed by atoms with Crippen LogP contribution in [0.2, 0.25) is 0 Å². The van der Waals surface area contributed by atoms with Crippen LogP contribution < -0.4 is 0 Å². The molecule has 0 unspecified atom stereocenters. The number of fused-ring (bicyclic) bond motifs is 1. The lowest BCUT2D eigenvalue weighted by Gasteiger charge is -2.38. The second kappa shape index (κ2) is 10.2. The highest BCUT2D eigenvalue weighted by Gasteiger charge is 2.49. The maximum atomic E-state index is 13.2. The molecule has 0 bridgehead atoms. The van der Waals surface area contributed by atoms with Crippen molar-refractivity contribution in [2.45, 2.75) is 117 Å². The van der Waals surface area contributed by atoms with Gasteiger partial charge in [-0.2, -0.15) is 0 Å². The van der Waals surface area contributed by atoms with Crippen LogP contribution in [0, 0.1) is 11.8 Å². The maximum Gasteiger partial charge on any atom is 0.412 e. The fourth-order valence-corrected chi connectivity index (χ4v) is 5.68. The van der Waals surface area contributed by atoms with Gasteiger partial charge in [-0.15, -0.1) is 0 Å². The lowest BCUT2D eigenvalue weighted by atomic mass is 9.87. The highest BCUT2D eigenvalue weighted by Crippen LogP contribution is 2.42. The molecule has 0 N–H and O–H groups in total. The predicted octanol–water partition coefficient (Wildman–Crippen LogP) is 6.41. The summed E-state index contributed by atoms with van der Waals surface area (Å²) in [6.45, 7) is 16.5. The van der Waals surface area contributed by atoms with Gasteiger partial charge in [-0.05, 0) is 71.8 Å². The van der Waals surface area contributed by atoms with Crippen LogP contribution in [0.15, 0.2) is 12.3 Å².